The van der Waals surface area contributed by atoms with Gasteiger partial charge in [-0.25, -0.2) is 12.8 Å². The Bertz CT molecular complexity index is 993. The molecule has 1 atom stereocenters. The normalized spacial score (nSPS) is 18.1. The number of amides is 1. The molecule has 1 saturated heterocycles. The molecular formula is C19H18Cl2FNO4S. The molecule has 0 radical (unpaired) electrons. The van der Waals surface area contributed by atoms with Crippen molar-refractivity contribution in [3.05, 3.63) is 63.4 Å². The highest BCUT2D eigenvalue weighted by Gasteiger charge is 2.35. The molecule has 0 unspecified atom stereocenters. The average molecular weight is 446 g/mol. The minimum Gasteiger partial charge on any atom is -0.495 e. The van der Waals surface area contributed by atoms with Crippen molar-refractivity contribution in [2.45, 2.75) is 19.0 Å². The van der Waals surface area contributed by atoms with Gasteiger partial charge in [0.15, 0.2) is 9.84 Å². The number of ether oxygens (including phenoxy) is 1. The Morgan fingerprint density at radius 1 is 1.25 bits per heavy atom. The minimum atomic E-state index is -3.25. The van der Waals surface area contributed by atoms with E-state index in [9.17, 15) is 17.6 Å². The van der Waals surface area contributed by atoms with Crippen LogP contribution in [0.5, 0.6) is 5.75 Å². The number of carbonyl (C=O) groups excluding carboxylic acids is 1. The van der Waals surface area contributed by atoms with Crippen molar-refractivity contribution in [1.29, 1.82) is 0 Å². The van der Waals surface area contributed by atoms with E-state index in [0.29, 0.717) is 5.75 Å². The molecule has 0 spiro atoms. The fraction of sp³-hybridized carbons (Fsp3) is 0.316. The molecule has 0 bridgehead atoms. The molecule has 9 heteroatoms. The van der Waals surface area contributed by atoms with E-state index in [1.54, 1.807) is 6.07 Å². The molecule has 28 heavy (non-hydrogen) atoms. The summed E-state index contributed by atoms with van der Waals surface area (Å²) in [7, 11) is -1.80. The number of rotatable bonds is 5. The van der Waals surface area contributed by atoms with Gasteiger partial charge in [-0.15, -0.1) is 0 Å². The summed E-state index contributed by atoms with van der Waals surface area (Å²) in [6, 6.07) is 8.20. The SMILES string of the molecule is COc1ccc(C(=O)N(Cc2c(F)cccc2Cl)[C@H]2CCS(=O)(=O)C2)cc1Cl. The van der Waals surface area contributed by atoms with Gasteiger partial charge in [-0.05, 0) is 36.8 Å². The molecule has 1 aliphatic rings. The lowest BCUT2D eigenvalue weighted by molar-refractivity contribution is 0.0679. The Balaban J connectivity index is 1.98. The van der Waals surface area contributed by atoms with E-state index in [0.717, 1.165) is 0 Å². The van der Waals surface area contributed by atoms with Gasteiger partial charge in [0.2, 0.25) is 0 Å². The second kappa shape index (κ2) is 8.27. The van der Waals surface area contributed by atoms with Crippen molar-refractivity contribution in [2.75, 3.05) is 18.6 Å². The van der Waals surface area contributed by atoms with Gasteiger partial charge in [-0.3, -0.25) is 4.79 Å². The zero-order chi connectivity index (χ0) is 20.5. The molecule has 1 aliphatic heterocycles. The molecule has 0 saturated carbocycles. The lowest BCUT2D eigenvalue weighted by Gasteiger charge is -2.29. The predicted molar refractivity (Wildman–Crippen MR) is 106 cm³/mol. The quantitative estimate of drug-likeness (QED) is 0.698. The van der Waals surface area contributed by atoms with Crippen molar-refractivity contribution in [3.63, 3.8) is 0 Å². The van der Waals surface area contributed by atoms with Gasteiger partial charge in [0.1, 0.15) is 11.6 Å². The maximum absolute atomic E-state index is 14.3. The molecule has 3 rings (SSSR count). The molecule has 150 valence electrons. The van der Waals surface area contributed by atoms with Crippen LogP contribution < -0.4 is 4.74 Å². The molecule has 1 fully saturated rings. The van der Waals surface area contributed by atoms with Crippen LogP contribution in [-0.4, -0.2) is 43.9 Å². The summed E-state index contributed by atoms with van der Waals surface area (Å²) in [6.07, 6.45) is 0.282. The summed E-state index contributed by atoms with van der Waals surface area (Å²) in [4.78, 5) is 14.5. The number of methoxy groups -OCH3 is 1. The summed E-state index contributed by atoms with van der Waals surface area (Å²) < 4.78 is 43.3. The highest BCUT2D eigenvalue weighted by molar-refractivity contribution is 7.91. The molecule has 2 aromatic carbocycles. The third kappa shape index (κ3) is 4.42. The highest BCUT2D eigenvalue weighted by atomic mass is 35.5. The van der Waals surface area contributed by atoms with Crippen molar-refractivity contribution in [2.24, 2.45) is 0 Å². The van der Waals surface area contributed by atoms with E-state index in [1.807, 2.05) is 0 Å². The smallest absolute Gasteiger partial charge is 0.254 e. The predicted octanol–water partition coefficient (Wildman–Crippen LogP) is 3.97. The molecule has 0 aliphatic carbocycles. The molecular weight excluding hydrogens is 428 g/mol. The Morgan fingerprint density at radius 3 is 2.57 bits per heavy atom. The number of hydrogen-bond acceptors (Lipinski definition) is 4. The molecule has 2 aromatic rings. The number of carbonyl (C=O) groups is 1. The van der Waals surface area contributed by atoms with E-state index in [1.165, 1.54) is 42.3 Å². The van der Waals surface area contributed by atoms with Crippen LogP contribution >= 0.6 is 23.2 Å². The largest absolute Gasteiger partial charge is 0.495 e. The first-order chi connectivity index (χ1) is 13.2. The molecule has 1 amide bonds. The maximum Gasteiger partial charge on any atom is 0.254 e. The average Bonchev–Trinajstić information content (AvgIpc) is 3.00. The van der Waals surface area contributed by atoms with E-state index in [4.69, 9.17) is 27.9 Å². The zero-order valence-electron chi connectivity index (χ0n) is 15.0. The van der Waals surface area contributed by atoms with Crippen molar-refractivity contribution in [3.8, 4) is 5.75 Å². The van der Waals surface area contributed by atoms with Crippen LogP contribution in [0.1, 0.15) is 22.3 Å². The summed E-state index contributed by atoms with van der Waals surface area (Å²) in [5.74, 6) is -0.792. The monoisotopic (exact) mass is 445 g/mol. The van der Waals surface area contributed by atoms with Crippen LogP contribution in [0.4, 0.5) is 4.39 Å². The topological polar surface area (TPSA) is 63.7 Å². The summed E-state index contributed by atoms with van der Waals surface area (Å²) in [6.45, 7) is -0.145. The van der Waals surface area contributed by atoms with E-state index >= 15 is 0 Å². The van der Waals surface area contributed by atoms with E-state index < -0.39 is 27.6 Å². The van der Waals surface area contributed by atoms with Gasteiger partial charge in [-0.1, -0.05) is 29.3 Å². The van der Waals surface area contributed by atoms with Gasteiger partial charge in [0, 0.05) is 22.2 Å². The van der Waals surface area contributed by atoms with Crippen LogP contribution in [0, 0.1) is 5.82 Å². The third-order valence-electron chi connectivity index (χ3n) is 4.70. The highest BCUT2D eigenvalue weighted by Crippen LogP contribution is 2.29. The first-order valence-corrected chi connectivity index (χ1v) is 11.1. The second-order valence-electron chi connectivity index (χ2n) is 6.54. The van der Waals surface area contributed by atoms with Gasteiger partial charge < -0.3 is 9.64 Å². The van der Waals surface area contributed by atoms with Gasteiger partial charge >= 0.3 is 0 Å². The lowest BCUT2D eigenvalue weighted by atomic mass is 10.1. The Hall–Kier alpha value is -1.83. The van der Waals surface area contributed by atoms with Gasteiger partial charge in [0.05, 0.1) is 30.2 Å². The maximum atomic E-state index is 14.3. The third-order valence-corrected chi connectivity index (χ3v) is 7.10. The first-order valence-electron chi connectivity index (χ1n) is 8.49. The summed E-state index contributed by atoms with van der Waals surface area (Å²) >= 11 is 12.2. The number of benzene rings is 2. The fourth-order valence-electron chi connectivity index (χ4n) is 3.21. The fourth-order valence-corrected chi connectivity index (χ4v) is 5.42. The van der Waals surface area contributed by atoms with E-state index in [2.05, 4.69) is 0 Å². The first kappa shape index (κ1) is 20.9. The number of nitrogens with zero attached hydrogens (tertiary/aromatic N) is 1. The molecule has 0 N–H and O–H groups in total. The molecule has 1 heterocycles. The number of sulfone groups is 1. The molecule has 0 aromatic heterocycles. The number of hydrogen-bond donors (Lipinski definition) is 0. The van der Waals surface area contributed by atoms with Gasteiger partial charge in [0.25, 0.3) is 5.91 Å². The van der Waals surface area contributed by atoms with Crippen molar-refractivity contribution >= 4 is 38.9 Å². The van der Waals surface area contributed by atoms with Gasteiger partial charge in [-0.2, -0.15) is 0 Å². The van der Waals surface area contributed by atoms with Crippen LogP contribution in [0.15, 0.2) is 36.4 Å². The molecule has 5 nitrogen and oxygen atoms in total. The Labute approximate surface area is 172 Å². The van der Waals surface area contributed by atoms with Crippen molar-refractivity contribution in [1.82, 2.24) is 4.90 Å². The van der Waals surface area contributed by atoms with Crippen LogP contribution in [0.3, 0.4) is 0 Å². The standard InChI is InChI=1S/C19H18Cl2FNO4S/c1-27-18-6-5-12(9-16(18)21)19(24)23(13-7-8-28(25,26)11-13)10-14-15(20)3-2-4-17(14)22/h2-6,9,13H,7-8,10-11H2,1H3/t13-/m0/s1. The minimum absolute atomic E-state index is 0.0180. The second-order valence-corrected chi connectivity index (χ2v) is 9.58. The Kier molecular flexibility index (Phi) is 6.17. The van der Waals surface area contributed by atoms with Crippen LogP contribution in [-0.2, 0) is 16.4 Å². The zero-order valence-corrected chi connectivity index (χ0v) is 17.3. The van der Waals surface area contributed by atoms with Crippen molar-refractivity contribution < 1.29 is 22.3 Å². The number of halogens is 3. The summed E-state index contributed by atoms with van der Waals surface area (Å²) in [5, 5.41) is 0.419. The Morgan fingerprint density at radius 2 is 2.00 bits per heavy atom. The van der Waals surface area contributed by atoms with Crippen LogP contribution in [0.25, 0.3) is 0 Å². The van der Waals surface area contributed by atoms with E-state index in [-0.39, 0.29) is 45.6 Å². The van der Waals surface area contributed by atoms with Crippen LogP contribution in [0.2, 0.25) is 10.0 Å². The lowest BCUT2D eigenvalue weighted by Crippen LogP contribution is -2.41. The summed E-state index contributed by atoms with van der Waals surface area (Å²) in [5.41, 5.74) is 0.393.